The minimum absolute atomic E-state index is 0.0549. The number of amides is 1. The molecular formula is C9H21N2OP. The first kappa shape index (κ1) is 12.9. The SMILES string of the molecule is CC(C)(CCP)CCC(=O)NCN. The highest BCUT2D eigenvalue weighted by atomic mass is 31.0. The van der Waals surface area contributed by atoms with E-state index >= 15 is 0 Å². The normalized spacial score (nSPS) is 11.4. The van der Waals surface area contributed by atoms with Crippen molar-refractivity contribution < 1.29 is 4.79 Å². The Hall–Kier alpha value is -0.140. The average Bonchev–Trinajstić information content (AvgIpc) is 2.02. The van der Waals surface area contributed by atoms with Gasteiger partial charge < -0.3 is 11.1 Å². The zero-order valence-electron chi connectivity index (χ0n) is 8.60. The molecule has 1 unspecified atom stereocenters. The number of carbonyl (C=O) groups excluding carboxylic acids is 1. The summed E-state index contributed by atoms with van der Waals surface area (Å²) in [6, 6.07) is 0. The van der Waals surface area contributed by atoms with Crippen LogP contribution in [0.15, 0.2) is 0 Å². The number of nitrogens with one attached hydrogen (secondary N) is 1. The van der Waals surface area contributed by atoms with E-state index < -0.39 is 0 Å². The third kappa shape index (κ3) is 6.97. The quantitative estimate of drug-likeness (QED) is 0.502. The van der Waals surface area contributed by atoms with Crippen LogP contribution in [0.2, 0.25) is 0 Å². The second-order valence-corrected chi connectivity index (χ2v) is 4.58. The standard InChI is InChI=1S/C9H21N2OP/c1-9(2,5-6-13)4-3-8(12)11-7-10/h3-7,10,13H2,1-2H3,(H,11,12). The van der Waals surface area contributed by atoms with Crippen molar-refractivity contribution >= 4 is 15.1 Å². The third-order valence-corrected chi connectivity index (χ3v) is 2.44. The molecule has 0 saturated heterocycles. The molecule has 0 aromatic rings. The lowest BCUT2D eigenvalue weighted by Crippen LogP contribution is -2.30. The Balaban J connectivity index is 3.67. The van der Waals surface area contributed by atoms with Gasteiger partial charge in [0, 0.05) is 6.42 Å². The number of carbonyl (C=O) groups is 1. The maximum atomic E-state index is 11.1. The van der Waals surface area contributed by atoms with Gasteiger partial charge in [-0.15, -0.1) is 9.24 Å². The van der Waals surface area contributed by atoms with Gasteiger partial charge in [-0.1, -0.05) is 13.8 Å². The fourth-order valence-electron chi connectivity index (χ4n) is 1.17. The van der Waals surface area contributed by atoms with Crippen LogP contribution < -0.4 is 11.1 Å². The van der Waals surface area contributed by atoms with E-state index in [2.05, 4.69) is 28.4 Å². The number of rotatable bonds is 6. The molecule has 3 nitrogen and oxygen atoms in total. The fourth-order valence-corrected chi connectivity index (χ4v) is 1.95. The summed E-state index contributed by atoms with van der Waals surface area (Å²) in [6.07, 6.45) is 3.72. The van der Waals surface area contributed by atoms with E-state index in [4.69, 9.17) is 5.73 Å². The fraction of sp³-hybridized carbons (Fsp3) is 0.889. The first-order valence-corrected chi connectivity index (χ1v) is 5.50. The Labute approximate surface area is 83.0 Å². The van der Waals surface area contributed by atoms with Crippen molar-refractivity contribution in [2.75, 3.05) is 12.8 Å². The molecule has 0 aromatic heterocycles. The maximum absolute atomic E-state index is 11.1. The number of nitrogens with two attached hydrogens (primary N) is 1. The summed E-state index contributed by atoms with van der Waals surface area (Å²) >= 11 is 0. The van der Waals surface area contributed by atoms with E-state index in [1.54, 1.807) is 0 Å². The Morgan fingerprint density at radius 2 is 2.08 bits per heavy atom. The Morgan fingerprint density at radius 3 is 2.54 bits per heavy atom. The van der Waals surface area contributed by atoms with Gasteiger partial charge >= 0.3 is 0 Å². The molecule has 0 aliphatic heterocycles. The van der Waals surface area contributed by atoms with Crippen molar-refractivity contribution in [2.45, 2.75) is 33.1 Å². The molecule has 4 heteroatoms. The van der Waals surface area contributed by atoms with Gasteiger partial charge in [-0.2, -0.15) is 0 Å². The molecule has 0 spiro atoms. The smallest absolute Gasteiger partial charge is 0.221 e. The van der Waals surface area contributed by atoms with E-state index in [1.165, 1.54) is 0 Å². The molecule has 78 valence electrons. The van der Waals surface area contributed by atoms with Gasteiger partial charge in [-0.05, 0) is 24.4 Å². The highest BCUT2D eigenvalue weighted by molar-refractivity contribution is 7.16. The van der Waals surface area contributed by atoms with Gasteiger partial charge in [0.2, 0.25) is 5.91 Å². The van der Waals surface area contributed by atoms with Crippen LogP contribution in [-0.2, 0) is 4.79 Å². The number of hydrogen-bond acceptors (Lipinski definition) is 2. The van der Waals surface area contributed by atoms with Crippen LogP contribution in [0.1, 0.15) is 33.1 Å². The monoisotopic (exact) mass is 204 g/mol. The van der Waals surface area contributed by atoms with Gasteiger partial charge in [0.05, 0.1) is 6.67 Å². The second-order valence-electron chi connectivity index (χ2n) is 4.01. The van der Waals surface area contributed by atoms with Crippen LogP contribution in [0, 0.1) is 5.41 Å². The van der Waals surface area contributed by atoms with Gasteiger partial charge in [0.25, 0.3) is 0 Å². The van der Waals surface area contributed by atoms with E-state index in [-0.39, 0.29) is 18.0 Å². The highest BCUT2D eigenvalue weighted by Gasteiger charge is 2.17. The molecule has 0 aliphatic carbocycles. The molecule has 13 heavy (non-hydrogen) atoms. The van der Waals surface area contributed by atoms with Crippen molar-refractivity contribution in [3.05, 3.63) is 0 Å². The predicted molar refractivity (Wildman–Crippen MR) is 59.4 cm³/mol. The molecule has 1 amide bonds. The predicted octanol–water partition coefficient (Wildman–Crippen LogP) is 1.09. The first-order chi connectivity index (χ1) is 6.02. The molecule has 1 atom stereocenters. The zero-order chi connectivity index (χ0) is 10.3. The second kappa shape index (κ2) is 6.33. The summed E-state index contributed by atoms with van der Waals surface area (Å²) in [6.45, 7) is 4.61. The first-order valence-electron chi connectivity index (χ1n) is 4.68. The molecule has 0 saturated carbocycles. The zero-order valence-corrected chi connectivity index (χ0v) is 9.75. The van der Waals surface area contributed by atoms with Crippen LogP contribution in [-0.4, -0.2) is 18.7 Å². The van der Waals surface area contributed by atoms with Crippen molar-refractivity contribution in [3.8, 4) is 0 Å². The highest BCUT2D eigenvalue weighted by Crippen LogP contribution is 2.27. The van der Waals surface area contributed by atoms with E-state index in [0.717, 1.165) is 19.0 Å². The molecular weight excluding hydrogens is 183 g/mol. The Bertz CT molecular complexity index is 160. The molecule has 0 bridgehead atoms. The van der Waals surface area contributed by atoms with Gasteiger partial charge in [-0.25, -0.2) is 0 Å². The lowest BCUT2D eigenvalue weighted by molar-refractivity contribution is -0.121. The summed E-state index contributed by atoms with van der Waals surface area (Å²) in [7, 11) is 2.72. The minimum atomic E-state index is 0.0549. The topological polar surface area (TPSA) is 55.1 Å². The van der Waals surface area contributed by atoms with E-state index in [0.29, 0.717) is 6.42 Å². The molecule has 0 heterocycles. The summed E-state index contributed by atoms with van der Waals surface area (Å²) in [5, 5.41) is 2.59. The van der Waals surface area contributed by atoms with Crippen molar-refractivity contribution in [1.82, 2.24) is 5.32 Å². The summed E-state index contributed by atoms with van der Waals surface area (Å²) in [5.41, 5.74) is 5.45. The number of hydrogen-bond donors (Lipinski definition) is 2. The van der Waals surface area contributed by atoms with Crippen LogP contribution in [0.3, 0.4) is 0 Å². The van der Waals surface area contributed by atoms with Crippen LogP contribution >= 0.6 is 9.24 Å². The van der Waals surface area contributed by atoms with Crippen LogP contribution in [0.5, 0.6) is 0 Å². The van der Waals surface area contributed by atoms with Gasteiger partial charge in [0.1, 0.15) is 0 Å². The summed E-state index contributed by atoms with van der Waals surface area (Å²) in [4.78, 5) is 11.1. The average molecular weight is 204 g/mol. The molecule has 0 fully saturated rings. The molecule has 0 aromatic carbocycles. The third-order valence-electron chi connectivity index (χ3n) is 2.15. The largest absolute Gasteiger partial charge is 0.344 e. The molecule has 0 radical (unpaired) electrons. The van der Waals surface area contributed by atoms with Crippen molar-refractivity contribution in [3.63, 3.8) is 0 Å². The van der Waals surface area contributed by atoms with Crippen molar-refractivity contribution in [1.29, 1.82) is 0 Å². The molecule has 0 aliphatic rings. The van der Waals surface area contributed by atoms with Crippen LogP contribution in [0.4, 0.5) is 0 Å². The van der Waals surface area contributed by atoms with Crippen LogP contribution in [0.25, 0.3) is 0 Å². The summed E-state index contributed by atoms with van der Waals surface area (Å²) < 4.78 is 0. The lowest BCUT2D eigenvalue weighted by Gasteiger charge is -2.23. The summed E-state index contributed by atoms with van der Waals surface area (Å²) in [5.74, 6) is 0.0549. The maximum Gasteiger partial charge on any atom is 0.221 e. The Kier molecular flexibility index (Phi) is 6.27. The van der Waals surface area contributed by atoms with E-state index in [1.807, 2.05) is 0 Å². The van der Waals surface area contributed by atoms with Gasteiger partial charge in [0.15, 0.2) is 0 Å². The minimum Gasteiger partial charge on any atom is -0.344 e. The lowest BCUT2D eigenvalue weighted by atomic mass is 9.85. The molecule has 3 N–H and O–H groups in total. The van der Waals surface area contributed by atoms with Crippen molar-refractivity contribution in [2.24, 2.45) is 11.1 Å². The van der Waals surface area contributed by atoms with Gasteiger partial charge in [-0.3, -0.25) is 4.79 Å². The Morgan fingerprint density at radius 1 is 1.46 bits per heavy atom. The molecule has 0 rings (SSSR count). The van der Waals surface area contributed by atoms with E-state index in [9.17, 15) is 4.79 Å².